The number of benzene rings is 1. The van der Waals surface area contributed by atoms with E-state index < -0.39 is 0 Å². The highest BCUT2D eigenvalue weighted by atomic mass is 32.1. The third-order valence-electron chi connectivity index (χ3n) is 3.51. The molecule has 140 valence electrons. The summed E-state index contributed by atoms with van der Waals surface area (Å²) in [6.07, 6.45) is 2.02. The number of hydrazine groups is 1. The maximum absolute atomic E-state index is 12.1. The number of amides is 1. The van der Waals surface area contributed by atoms with E-state index in [4.69, 9.17) is 17.0 Å². The molecular formula is C18H31N4O2S+. The first-order valence-electron chi connectivity index (χ1n) is 8.74. The smallest absolute Gasteiger partial charge is 0.269 e. The molecule has 0 atom stereocenters. The molecule has 7 heteroatoms. The Kier molecular flexibility index (Phi) is 9.87. The number of rotatable bonds is 9. The third-order valence-corrected chi connectivity index (χ3v) is 3.76. The van der Waals surface area contributed by atoms with Gasteiger partial charge in [-0.25, -0.2) is 0 Å². The molecule has 25 heavy (non-hydrogen) atoms. The van der Waals surface area contributed by atoms with E-state index in [9.17, 15) is 4.79 Å². The van der Waals surface area contributed by atoms with Crippen molar-refractivity contribution in [1.29, 1.82) is 0 Å². The zero-order valence-corrected chi connectivity index (χ0v) is 16.5. The largest absolute Gasteiger partial charge is 0.494 e. The zero-order chi connectivity index (χ0) is 18.7. The van der Waals surface area contributed by atoms with Crippen molar-refractivity contribution >= 4 is 23.2 Å². The van der Waals surface area contributed by atoms with Crippen LogP contribution in [0, 0.1) is 5.92 Å². The Morgan fingerprint density at radius 3 is 2.48 bits per heavy atom. The fraction of sp³-hybridized carbons (Fsp3) is 0.556. The topological polar surface area (TPSA) is 66.8 Å². The monoisotopic (exact) mass is 367 g/mol. The molecule has 0 saturated heterocycles. The average molecular weight is 368 g/mol. The van der Waals surface area contributed by atoms with E-state index >= 15 is 0 Å². The second-order valence-corrected chi connectivity index (χ2v) is 7.11. The van der Waals surface area contributed by atoms with E-state index in [0.29, 0.717) is 23.2 Å². The van der Waals surface area contributed by atoms with E-state index in [0.717, 1.165) is 31.7 Å². The third kappa shape index (κ3) is 9.89. The normalized spacial score (nSPS) is 10.6. The lowest BCUT2D eigenvalue weighted by molar-refractivity contribution is -0.858. The molecule has 0 spiro atoms. The van der Waals surface area contributed by atoms with Crippen molar-refractivity contribution in [2.24, 2.45) is 5.92 Å². The minimum Gasteiger partial charge on any atom is -0.494 e. The second-order valence-electron chi connectivity index (χ2n) is 6.70. The fourth-order valence-electron chi connectivity index (χ4n) is 1.99. The van der Waals surface area contributed by atoms with Crippen LogP contribution in [0.3, 0.4) is 0 Å². The summed E-state index contributed by atoms with van der Waals surface area (Å²) < 4.78 is 5.64. The van der Waals surface area contributed by atoms with Crippen LogP contribution in [0.5, 0.6) is 5.75 Å². The Morgan fingerprint density at radius 1 is 1.20 bits per heavy atom. The first-order chi connectivity index (χ1) is 11.9. The summed E-state index contributed by atoms with van der Waals surface area (Å²) in [5, 5.41) is 3.47. The number of quaternary nitrogens is 1. The molecule has 1 aromatic carbocycles. The molecule has 1 aromatic rings. The van der Waals surface area contributed by atoms with Gasteiger partial charge in [-0.1, -0.05) is 13.8 Å². The highest BCUT2D eigenvalue weighted by Gasteiger charge is 2.06. The molecule has 0 aromatic heterocycles. The number of carbonyl (C=O) groups is 1. The number of nitrogens with one attached hydrogen (secondary N) is 4. The molecule has 0 aliphatic carbocycles. The predicted molar refractivity (Wildman–Crippen MR) is 105 cm³/mol. The van der Waals surface area contributed by atoms with Gasteiger partial charge in [0.15, 0.2) is 5.11 Å². The van der Waals surface area contributed by atoms with Gasteiger partial charge >= 0.3 is 0 Å². The van der Waals surface area contributed by atoms with Crippen LogP contribution >= 0.6 is 12.2 Å². The summed E-state index contributed by atoms with van der Waals surface area (Å²) >= 11 is 5.13. The summed E-state index contributed by atoms with van der Waals surface area (Å²) in [6.45, 7) is 6.83. The maximum atomic E-state index is 12.1. The minimum absolute atomic E-state index is 0.240. The second kappa shape index (κ2) is 11.7. The van der Waals surface area contributed by atoms with Gasteiger partial charge in [-0.2, -0.15) is 0 Å². The number of ether oxygens (including phenoxy) is 1. The van der Waals surface area contributed by atoms with Gasteiger partial charge in [0.25, 0.3) is 5.91 Å². The molecule has 6 nitrogen and oxygen atoms in total. The highest BCUT2D eigenvalue weighted by molar-refractivity contribution is 7.80. The molecule has 0 radical (unpaired) electrons. The summed E-state index contributed by atoms with van der Waals surface area (Å²) in [5.41, 5.74) is 5.84. The summed E-state index contributed by atoms with van der Waals surface area (Å²) in [7, 11) is 4.22. The Morgan fingerprint density at radius 2 is 1.88 bits per heavy atom. The molecule has 1 amide bonds. The zero-order valence-electron chi connectivity index (χ0n) is 15.6. The molecule has 0 heterocycles. The van der Waals surface area contributed by atoms with Crippen molar-refractivity contribution in [3.8, 4) is 5.75 Å². The molecule has 0 unspecified atom stereocenters. The Bertz CT molecular complexity index is 532. The standard InChI is InChI=1S/C18H30N4O2S/c1-14(2)10-13-24-16-8-6-15(7-9-16)17(23)20-21-18(25)19-11-5-12-22(3)4/h6-9,14H,5,10-13H2,1-4H3,(H,20,23)(H2,19,21,25)/p+1. The number of thiocarbonyl (C=S) groups is 1. The van der Waals surface area contributed by atoms with Gasteiger partial charge in [-0.05, 0) is 48.8 Å². The number of hydrogen-bond acceptors (Lipinski definition) is 3. The summed E-state index contributed by atoms with van der Waals surface area (Å²) in [5.74, 6) is 1.14. The van der Waals surface area contributed by atoms with Gasteiger partial charge in [0.1, 0.15) is 5.75 Å². The lowest BCUT2D eigenvalue weighted by Crippen LogP contribution is -3.05. The van der Waals surface area contributed by atoms with Crippen molar-refractivity contribution in [1.82, 2.24) is 16.2 Å². The number of hydrogen-bond donors (Lipinski definition) is 4. The SMILES string of the molecule is CC(C)CCOc1ccc(C(=O)NNC(=S)NCCC[NH+](C)C)cc1. The summed E-state index contributed by atoms with van der Waals surface area (Å²) in [6, 6.07) is 7.07. The molecular weight excluding hydrogens is 336 g/mol. The van der Waals surface area contributed by atoms with E-state index in [1.807, 2.05) is 0 Å². The molecule has 0 fully saturated rings. The lowest BCUT2D eigenvalue weighted by atomic mass is 10.1. The Labute approximate surface area is 156 Å². The van der Waals surface area contributed by atoms with Gasteiger partial charge < -0.3 is 15.0 Å². The van der Waals surface area contributed by atoms with Crippen LogP contribution in [0.1, 0.15) is 37.0 Å². The average Bonchev–Trinajstić information content (AvgIpc) is 2.56. The van der Waals surface area contributed by atoms with Crippen LogP contribution in [-0.2, 0) is 0 Å². The van der Waals surface area contributed by atoms with Crippen LogP contribution in [0.2, 0.25) is 0 Å². The quantitative estimate of drug-likeness (QED) is 0.295. The van der Waals surface area contributed by atoms with Gasteiger partial charge in [0.05, 0.1) is 27.2 Å². The lowest BCUT2D eigenvalue weighted by Gasteiger charge is -2.12. The molecule has 4 N–H and O–H groups in total. The van der Waals surface area contributed by atoms with Gasteiger partial charge in [0, 0.05) is 18.5 Å². The summed E-state index contributed by atoms with van der Waals surface area (Å²) in [4.78, 5) is 13.5. The van der Waals surface area contributed by atoms with Crippen molar-refractivity contribution in [2.75, 3.05) is 33.8 Å². The first kappa shape index (κ1) is 21.2. The Hall–Kier alpha value is -1.86. The van der Waals surface area contributed by atoms with Crippen LogP contribution in [0.25, 0.3) is 0 Å². The molecule has 0 aliphatic heterocycles. The van der Waals surface area contributed by atoms with Gasteiger partial charge in [0.2, 0.25) is 0 Å². The van der Waals surface area contributed by atoms with Crippen LogP contribution in [0.4, 0.5) is 0 Å². The first-order valence-corrected chi connectivity index (χ1v) is 9.15. The van der Waals surface area contributed by atoms with E-state index in [2.05, 4.69) is 44.1 Å². The van der Waals surface area contributed by atoms with E-state index in [-0.39, 0.29) is 5.91 Å². The van der Waals surface area contributed by atoms with Crippen molar-refractivity contribution in [2.45, 2.75) is 26.7 Å². The minimum atomic E-state index is -0.240. The highest BCUT2D eigenvalue weighted by Crippen LogP contribution is 2.13. The van der Waals surface area contributed by atoms with E-state index in [1.165, 1.54) is 4.90 Å². The van der Waals surface area contributed by atoms with Crippen molar-refractivity contribution in [3.63, 3.8) is 0 Å². The van der Waals surface area contributed by atoms with Crippen LogP contribution < -0.4 is 25.8 Å². The number of carbonyl (C=O) groups excluding carboxylic acids is 1. The maximum Gasteiger partial charge on any atom is 0.269 e. The van der Waals surface area contributed by atoms with Crippen molar-refractivity contribution < 1.29 is 14.4 Å². The molecule has 0 bridgehead atoms. The van der Waals surface area contributed by atoms with Crippen LogP contribution in [0.15, 0.2) is 24.3 Å². The van der Waals surface area contributed by atoms with Gasteiger partial charge in [-0.3, -0.25) is 15.6 Å². The molecule has 1 rings (SSSR count). The van der Waals surface area contributed by atoms with Crippen molar-refractivity contribution in [3.05, 3.63) is 29.8 Å². The van der Waals surface area contributed by atoms with E-state index in [1.54, 1.807) is 24.3 Å². The fourth-order valence-corrected chi connectivity index (χ4v) is 2.14. The van der Waals surface area contributed by atoms with Crippen LogP contribution in [-0.4, -0.2) is 44.8 Å². The predicted octanol–water partition coefficient (Wildman–Crippen LogP) is 0.755. The Balaban J connectivity index is 2.28. The molecule has 0 aliphatic rings. The molecule has 0 saturated carbocycles. The van der Waals surface area contributed by atoms with Gasteiger partial charge in [-0.15, -0.1) is 0 Å².